The standard InChI is InChI=1S/C17H22F2N2O2/c18-14-5-4-12(8-15(14)19)21-7-6-11(10-21)9-20-17(23)13-2-1-3-16(13)22/h4-5,8,11,13,16,22H,1-3,6-7,9-10H2,(H,20,23). The lowest BCUT2D eigenvalue weighted by Crippen LogP contribution is -2.38. The van der Waals surface area contributed by atoms with E-state index in [1.54, 1.807) is 6.07 Å². The zero-order valence-electron chi connectivity index (χ0n) is 13.0. The Morgan fingerprint density at radius 1 is 1.26 bits per heavy atom. The number of carbonyl (C=O) groups excluding carboxylic acids is 1. The molecule has 1 aromatic rings. The molecule has 1 aromatic carbocycles. The first kappa shape index (κ1) is 16.2. The first-order valence-electron chi connectivity index (χ1n) is 8.20. The zero-order chi connectivity index (χ0) is 16.4. The van der Waals surface area contributed by atoms with Crippen molar-refractivity contribution >= 4 is 11.6 Å². The summed E-state index contributed by atoms with van der Waals surface area (Å²) in [6, 6.07) is 3.93. The fraction of sp³-hybridized carbons (Fsp3) is 0.588. The molecule has 3 rings (SSSR count). The van der Waals surface area contributed by atoms with Crippen molar-refractivity contribution in [3.8, 4) is 0 Å². The molecule has 6 heteroatoms. The zero-order valence-corrected chi connectivity index (χ0v) is 13.0. The highest BCUT2D eigenvalue weighted by atomic mass is 19.2. The Bertz CT molecular complexity index is 582. The van der Waals surface area contributed by atoms with E-state index in [4.69, 9.17) is 0 Å². The molecule has 126 valence electrons. The largest absolute Gasteiger partial charge is 0.392 e. The molecule has 23 heavy (non-hydrogen) atoms. The highest BCUT2D eigenvalue weighted by Gasteiger charge is 2.32. The molecule has 1 amide bonds. The van der Waals surface area contributed by atoms with Gasteiger partial charge in [0.25, 0.3) is 0 Å². The molecule has 1 aliphatic carbocycles. The molecule has 2 N–H and O–H groups in total. The summed E-state index contributed by atoms with van der Waals surface area (Å²) in [6.07, 6.45) is 2.72. The maximum Gasteiger partial charge on any atom is 0.225 e. The van der Waals surface area contributed by atoms with Gasteiger partial charge in [-0.05, 0) is 43.7 Å². The Kier molecular flexibility index (Phi) is 4.80. The summed E-state index contributed by atoms with van der Waals surface area (Å²) >= 11 is 0. The Morgan fingerprint density at radius 3 is 2.78 bits per heavy atom. The Hall–Kier alpha value is -1.69. The van der Waals surface area contributed by atoms with Crippen LogP contribution in [0.5, 0.6) is 0 Å². The number of anilines is 1. The lowest BCUT2D eigenvalue weighted by molar-refractivity contribution is -0.127. The Balaban J connectivity index is 1.50. The first-order chi connectivity index (χ1) is 11.0. The van der Waals surface area contributed by atoms with Gasteiger partial charge in [0.2, 0.25) is 5.91 Å². The van der Waals surface area contributed by atoms with Crippen LogP contribution in [0.25, 0.3) is 0 Å². The minimum Gasteiger partial charge on any atom is -0.392 e. The molecule has 1 saturated carbocycles. The molecular formula is C17H22F2N2O2. The molecule has 3 unspecified atom stereocenters. The number of nitrogens with zero attached hydrogens (tertiary/aromatic N) is 1. The van der Waals surface area contributed by atoms with Crippen LogP contribution in [-0.4, -0.2) is 36.8 Å². The molecule has 0 bridgehead atoms. The van der Waals surface area contributed by atoms with E-state index in [2.05, 4.69) is 5.32 Å². The van der Waals surface area contributed by atoms with Crippen molar-refractivity contribution in [1.29, 1.82) is 0 Å². The monoisotopic (exact) mass is 324 g/mol. The third-order valence-corrected chi connectivity index (χ3v) is 4.94. The molecule has 4 nitrogen and oxygen atoms in total. The van der Waals surface area contributed by atoms with Gasteiger partial charge in [0, 0.05) is 31.4 Å². The van der Waals surface area contributed by atoms with Crippen molar-refractivity contribution in [1.82, 2.24) is 5.32 Å². The summed E-state index contributed by atoms with van der Waals surface area (Å²) in [5.74, 6) is -1.74. The van der Waals surface area contributed by atoms with E-state index in [1.807, 2.05) is 4.90 Å². The predicted octanol–water partition coefficient (Wildman–Crippen LogP) is 2.07. The summed E-state index contributed by atoms with van der Waals surface area (Å²) in [7, 11) is 0. The van der Waals surface area contributed by atoms with E-state index in [-0.39, 0.29) is 17.7 Å². The summed E-state index contributed by atoms with van der Waals surface area (Å²) < 4.78 is 26.3. The number of aliphatic hydroxyl groups excluding tert-OH is 1. The molecule has 0 spiro atoms. The second-order valence-electron chi connectivity index (χ2n) is 6.55. The molecule has 2 aliphatic rings. The van der Waals surface area contributed by atoms with Crippen molar-refractivity contribution in [3.05, 3.63) is 29.8 Å². The van der Waals surface area contributed by atoms with Gasteiger partial charge in [-0.3, -0.25) is 4.79 Å². The number of hydrogen-bond acceptors (Lipinski definition) is 3. The first-order valence-corrected chi connectivity index (χ1v) is 8.20. The lowest BCUT2D eigenvalue weighted by atomic mass is 10.0. The molecule has 1 aliphatic heterocycles. The molecule has 2 fully saturated rings. The fourth-order valence-corrected chi connectivity index (χ4v) is 3.54. The van der Waals surface area contributed by atoms with Crippen molar-refractivity contribution < 1.29 is 18.7 Å². The van der Waals surface area contributed by atoms with Crippen LogP contribution >= 0.6 is 0 Å². The lowest BCUT2D eigenvalue weighted by Gasteiger charge is -2.20. The highest BCUT2D eigenvalue weighted by Crippen LogP contribution is 2.27. The van der Waals surface area contributed by atoms with Gasteiger partial charge in [0.1, 0.15) is 0 Å². The van der Waals surface area contributed by atoms with Gasteiger partial charge in [-0.15, -0.1) is 0 Å². The topological polar surface area (TPSA) is 52.6 Å². The molecule has 1 saturated heterocycles. The molecular weight excluding hydrogens is 302 g/mol. The van der Waals surface area contributed by atoms with Crippen molar-refractivity contribution in [2.24, 2.45) is 11.8 Å². The van der Waals surface area contributed by atoms with E-state index >= 15 is 0 Å². The van der Waals surface area contributed by atoms with Crippen LogP contribution in [0, 0.1) is 23.5 Å². The number of nitrogens with one attached hydrogen (secondary N) is 1. The minimum absolute atomic E-state index is 0.0683. The Morgan fingerprint density at radius 2 is 2.09 bits per heavy atom. The minimum atomic E-state index is -0.841. The van der Waals surface area contributed by atoms with Gasteiger partial charge in [-0.2, -0.15) is 0 Å². The summed E-state index contributed by atoms with van der Waals surface area (Å²) in [5.41, 5.74) is 0.670. The van der Waals surface area contributed by atoms with Gasteiger partial charge >= 0.3 is 0 Å². The van der Waals surface area contributed by atoms with Crippen LogP contribution in [0.15, 0.2) is 18.2 Å². The SMILES string of the molecule is O=C(NCC1CCN(c2ccc(F)c(F)c2)C1)C1CCCC1O. The highest BCUT2D eigenvalue weighted by molar-refractivity contribution is 5.79. The molecule has 1 heterocycles. The maximum absolute atomic E-state index is 13.3. The van der Waals surface area contributed by atoms with E-state index in [9.17, 15) is 18.7 Å². The molecule has 3 atom stereocenters. The van der Waals surface area contributed by atoms with Gasteiger partial charge in [0.15, 0.2) is 11.6 Å². The number of hydrogen-bond donors (Lipinski definition) is 2. The fourth-order valence-electron chi connectivity index (χ4n) is 3.54. The van der Waals surface area contributed by atoms with E-state index in [1.165, 1.54) is 6.07 Å². The van der Waals surface area contributed by atoms with Gasteiger partial charge < -0.3 is 15.3 Å². The Labute approximate surface area is 134 Å². The average Bonchev–Trinajstić information content (AvgIpc) is 3.16. The predicted molar refractivity (Wildman–Crippen MR) is 83.0 cm³/mol. The number of benzene rings is 1. The van der Waals surface area contributed by atoms with Crippen molar-refractivity contribution in [2.45, 2.75) is 31.8 Å². The molecule has 0 aromatic heterocycles. The second kappa shape index (κ2) is 6.83. The number of halogens is 2. The van der Waals surface area contributed by atoms with E-state index in [0.717, 1.165) is 31.9 Å². The van der Waals surface area contributed by atoms with E-state index < -0.39 is 17.7 Å². The normalized spacial score (nSPS) is 27.4. The van der Waals surface area contributed by atoms with Gasteiger partial charge in [-0.25, -0.2) is 8.78 Å². The smallest absolute Gasteiger partial charge is 0.225 e. The quantitative estimate of drug-likeness (QED) is 0.891. The van der Waals surface area contributed by atoms with E-state index in [0.29, 0.717) is 25.2 Å². The summed E-state index contributed by atoms with van der Waals surface area (Å²) in [6.45, 7) is 2.03. The summed E-state index contributed by atoms with van der Waals surface area (Å²) in [5, 5.41) is 12.7. The van der Waals surface area contributed by atoms with Crippen LogP contribution in [0.1, 0.15) is 25.7 Å². The van der Waals surface area contributed by atoms with Crippen molar-refractivity contribution in [2.75, 3.05) is 24.5 Å². The van der Waals surface area contributed by atoms with Crippen LogP contribution in [0.4, 0.5) is 14.5 Å². The van der Waals surface area contributed by atoms with Crippen LogP contribution in [-0.2, 0) is 4.79 Å². The molecule has 0 radical (unpaired) electrons. The number of aliphatic hydroxyl groups is 1. The second-order valence-corrected chi connectivity index (χ2v) is 6.55. The van der Waals surface area contributed by atoms with Gasteiger partial charge in [0.05, 0.1) is 12.0 Å². The van der Waals surface area contributed by atoms with Crippen LogP contribution in [0.3, 0.4) is 0 Å². The maximum atomic E-state index is 13.3. The number of rotatable bonds is 4. The van der Waals surface area contributed by atoms with Crippen LogP contribution < -0.4 is 10.2 Å². The summed E-state index contributed by atoms with van der Waals surface area (Å²) in [4.78, 5) is 14.1. The third-order valence-electron chi connectivity index (χ3n) is 4.94. The van der Waals surface area contributed by atoms with Crippen LogP contribution in [0.2, 0.25) is 0 Å². The van der Waals surface area contributed by atoms with Crippen molar-refractivity contribution in [3.63, 3.8) is 0 Å². The average molecular weight is 324 g/mol. The third kappa shape index (κ3) is 3.63. The number of amides is 1. The number of carbonyl (C=O) groups is 1. The van der Waals surface area contributed by atoms with Gasteiger partial charge in [-0.1, -0.05) is 0 Å².